The molecule has 0 aromatic heterocycles. The summed E-state index contributed by atoms with van der Waals surface area (Å²) >= 11 is 1.21. The molecule has 9 heteroatoms. The first-order valence-corrected chi connectivity index (χ1v) is 10.1. The normalized spacial score (nSPS) is 9.97. The first kappa shape index (κ1) is 24.0. The van der Waals surface area contributed by atoms with Gasteiger partial charge in [-0.05, 0) is 26.0 Å². The molecule has 1 aromatic rings. The van der Waals surface area contributed by atoms with E-state index in [9.17, 15) is 14.4 Å². The van der Waals surface area contributed by atoms with Crippen LogP contribution in [0.1, 0.15) is 37.0 Å². The minimum atomic E-state index is -0.675. The van der Waals surface area contributed by atoms with Gasteiger partial charge in [-0.2, -0.15) is 10.5 Å². The van der Waals surface area contributed by atoms with Gasteiger partial charge < -0.3 is 15.0 Å². The van der Waals surface area contributed by atoms with E-state index in [0.717, 1.165) is 0 Å². The van der Waals surface area contributed by atoms with Crippen molar-refractivity contribution in [1.82, 2.24) is 10.2 Å². The summed E-state index contributed by atoms with van der Waals surface area (Å²) in [5.41, 5.74) is 0.267. The Balaban J connectivity index is 2.69. The smallest absolute Gasteiger partial charge is 0.339 e. The predicted octanol–water partition coefficient (Wildman–Crippen LogP) is 2.12. The van der Waals surface area contributed by atoms with Gasteiger partial charge in [-0.3, -0.25) is 9.59 Å². The molecule has 0 radical (unpaired) electrons. The Morgan fingerprint density at radius 2 is 1.76 bits per heavy atom. The van der Waals surface area contributed by atoms with Crippen molar-refractivity contribution in [2.75, 3.05) is 25.4 Å². The quantitative estimate of drug-likeness (QED) is 0.433. The lowest BCUT2D eigenvalue weighted by atomic mass is 10.2. The molecule has 154 valence electrons. The van der Waals surface area contributed by atoms with Crippen molar-refractivity contribution in [2.24, 2.45) is 0 Å². The summed E-state index contributed by atoms with van der Waals surface area (Å²) in [6.07, 6.45) is 0.256. The Kier molecular flexibility index (Phi) is 10.9. The molecule has 8 nitrogen and oxygen atoms in total. The molecule has 1 aromatic carbocycles. The second kappa shape index (κ2) is 13.2. The molecule has 0 unspecified atom stereocenters. The van der Waals surface area contributed by atoms with E-state index in [1.165, 1.54) is 16.7 Å². The predicted molar refractivity (Wildman–Crippen MR) is 108 cm³/mol. The van der Waals surface area contributed by atoms with E-state index >= 15 is 0 Å². The third kappa shape index (κ3) is 9.13. The second-order valence-electron chi connectivity index (χ2n) is 6.28. The lowest BCUT2D eigenvalue weighted by Crippen LogP contribution is -2.36. The Morgan fingerprint density at radius 3 is 2.34 bits per heavy atom. The molecule has 1 N–H and O–H groups in total. The number of rotatable bonds is 11. The van der Waals surface area contributed by atoms with Crippen LogP contribution in [0.2, 0.25) is 0 Å². The van der Waals surface area contributed by atoms with E-state index in [0.29, 0.717) is 4.90 Å². The van der Waals surface area contributed by atoms with Crippen LogP contribution in [-0.2, 0) is 14.3 Å². The summed E-state index contributed by atoms with van der Waals surface area (Å²) in [6.45, 7) is 3.59. The van der Waals surface area contributed by atoms with Gasteiger partial charge in [-0.25, -0.2) is 4.79 Å². The maximum Gasteiger partial charge on any atom is 0.339 e. The number of nitrogens with one attached hydrogen (secondary N) is 1. The highest BCUT2D eigenvalue weighted by molar-refractivity contribution is 8.00. The number of hydrogen-bond donors (Lipinski definition) is 1. The Bertz CT molecular complexity index is 780. The Labute approximate surface area is 174 Å². The molecule has 0 aliphatic carbocycles. The zero-order valence-corrected chi connectivity index (χ0v) is 17.3. The Morgan fingerprint density at radius 1 is 1.14 bits per heavy atom. The van der Waals surface area contributed by atoms with Gasteiger partial charge in [0.25, 0.3) is 5.91 Å². The van der Waals surface area contributed by atoms with Gasteiger partial charge in [0.05, 0.1) is 36.3 Å². The van der Waals surface area contributed by atoms with Gasteiger partial charge in [-0.15, -0.1) is 11.8 Å². The number of benzene rings is 1. The fourth-order valence-electron chi connectivity index (χ4n) is 2.30. The van der Waals surface area contributed by atoms with Crippen LogP contribution in [0.5, 0.6) is 0 Å². The topological polar surface area (TPSA) is 123 Å². The standard InChI is InChI=1S/C20H24N4O4S/c1-15(2)23-18(25)14-29-17-8-4-3-7-16(17)20(27)28-13-19(26)24(11-5-9-21)12-6-10-22/h3-4,7-8,15H,5-6,11-14H2,1-2H3,(H,23,25). The van der Waals surface area contributed by atoms with Gasteiger partial charge in [0.1, 0.15) is 0 Å². The number of esters is 1. The van der Waals surface area contributed by atoms with E-state index < -0.39 is 18.5 Å². The van der Waals surface area contributed by atoms with E-state index in [-0.39, 0.29) is 49.2 Å². The average Bonchev–Trinajstić information content (AvgIpc) is 2.70. The van der Waals surface area contributed by atoms with Crippen LogP contribution < -0.4 is 5.32 Å². The first-order chi connectivity index (χ1) is 13.9. The number of amides is 2. The number of thioether (sulfide) groups is 1. The number of carbonyl (C=O) groups is 3. The van der Waals surface area contributed by atoms with Crippen LogP contribution in [0.4, 0.5) is 0 Å². The minimum Gasteiger partial charge on any atom is -0.452 e. The molecule has 0 aliphatic heterocycles. The fraction of sp³-hybridized carbons (Fsp3) is 0.450. The molecule has 0 heterocycles. The summed E-state index contributed by atoms with van der Waals surface area (Å²) in [7, 11) is 0. The van der Waals surface area contributed by atoms with Crippen molar-refractivity contribution in [3.8, 4) is 12.1 Å². The molecule has 0 spiro atoms. The van der Waals surface area contributed by atoms with Crippen molar-refractivity contribution < 1.29 is 19.1 Å². The van der Waals surface area contributed by atoms with E-state index in [1.54, 1.807) is 24.3 Å². The van der Waals surface area contributed by atoms with Crippen molar-refractivity contribution in [1.29, 1.82) is 10.5 Å². The van der Waals surface area contributed by atoms with Gasteiger partial charge in [0, 0.05) is 24.0 Å². The summed E-state index contributed by atoms with van der Waals surface area (Å²) in [6, 6.07) is 10.6. The molecule has 29 heavy (non-hydrogen) atoms. The summed E-state index contributed by atoms with van der Waals surface area (Å²) in [4.78, 5) is 38.4. The zero-order chi connectivity index (χ0) is 21.6. The van der Waals surface area contributed by atoms with Gasteiger partial charge in [0.15, 0.2) is 6.61 Å². The van der Waals surface area contributed by atoms with Crippen molar-refractivity contribution in [3.05, 3.63) is 29.8 Å². The third-order valence-electron chi connectivity index (χ3n) is 3.58. The highest BCUT2D eigenvalue weighted by Gasteiger charge is 2.18. The van der Waals surface area contributed by atoms with Crippen molar-refractivity contribution >= 4 is 29.5 Å². The van der Waals surface area contributed by atoms with Crippen LogP contribution in [0.3, 0.4) is 0 Å². The maximum absolute atomic E-state index is 12.4. The summed E-state index contributed by atoms with van der Waals surface area (Å²) < 4.78 is 5.13. The molecule has 1 rings (SSSR count). The average molecular weight is 417 g/mol. The number of carbonyl (C=O) groups excluding carboxylic acids is 3. The van der Waals surface area contributed by atoms with Crippen LogP contribution >= 0.6 is 11.8 Å². The van der Waals surface area contributed by atoms with Gasteiger partial charge in [0.2, 0.25) is 5.91 Å². The molecule has 0 fully saturated rings. The molecule has 2 amide bonds. The van der Waals surface area contributed by atoms with E-state index in [1.807, 2.05) is 26.0 Å². The molecule has 0 atom stereocenters. The van der Waals surface area contributed by atoms with E-state index in [4.69, 9.17) is 15.3 Å². The number of nitriles is 2. The second-order valence-corrected chi connectivity index (χ2v) is 7.30. The van der Waals surface area contributed by atoms with Crippen LogP contribution in [0.25, 0.3) is 0 Å². The van der Waals surface area contributed by atoms with Crippen molar-refractivity contribution in [3.63, 3.8) is 0 Å². The lowest BCUT2D eigenvalue weighted by molar-refractivity contribution is -0.134. The monoisotopic (exact) mass is 416 g/mol. The van der Waals surface area contributed by atoms with Gasteiger partial charge in [-0.1, -0.05) is 12.1 Å². The van der Waals surface area contributed by atoms with Crippen molar-refractivity contribution in [2.45, 2.75) is 37.6 Å². The molecule has 0 aliphatic rings. The number of nitrogens with zero attached hydrogens (tertiary/aromatic N) is 3. The van der Waals surface area contributed by atoms with Gasteiger partial charge >= 0.3 is 5.97 Å². The largest absolute Gasteiger partial charge is 0.452 e. The first-order valence-electron chi connectivity index (χ1n) is 9.09. The number of ether oxygens (including phenoxy) is 1. The fourth-order valence-corrected chi connectivity index (χ4v) is 3.15. The SMILES string of the molecule is CC(C)NC(=O)CSc1ccccc1C(=O)OCC(=O)N(CCC#N)CCC#N. The summed E-state index contributed by atoms with van der Waals surface area (Å²) in [5.74, 6) is -1.14. The highest BCUT2D eigenvalue weighted by atomic mass is 32.2. The minimum absolute atomic E-state index is 0.0272. The van der Waals surface area contributed by atoms with E-state index in [2.05, 4.69) is 5.32 Å². The maximum atomic E-state index is 12.4. The van der Waals surface area contributed by atoms with Crippen LogP contribution in [-0.4, -0.2) is 54.2 Å². The zero-order valence-electron chi connectivity index (χ0n) is 16.5. The summed E-state index contributed by atoms with van der Waals surface area (Å²) in [5, 5.41) is 20.2. The number of hydrogen-bond acceptors (Lipinski definition) is 7. The molecular formula is C20H24N4O4S. The highest BCUT2D eigenvalue weighted by Crippen LogP contribution is 2.23. The molecule has 0 bridgehead atoms. The lowest BCUT2D eigenvalue weighted by Gasteiger charge is -2.20. The third-order valence-corrected chi connectivity index (χ3v) is 4.66. The molecule has 0 saturated carbocycles. The Hall–Kier alpha value is -3.04. The molecular weight excluding hydrogens is 392 g/mol. The van der Waals surface area contributed by atoms with Crippen LogP contribution in [0.15, 0.2) is 29.2 Å². The van der Waals surface area contributed by atoms with Crippen LogP contribution in [0, 0.1) is 22.7 Å². The molecule has 0 saturated heterocycles.